The summed E-state index contributed by atoms with van der Waals surface area (Å²) in [6.07, 6.45) is 1.81. The van der Waals surface area contributed by atoms with Crippen LogP contribution >= 0.6 is 0 Å². The SMILES string of the molecule is CC12CCC(C(=O)C1=O)C2(C)C.CCOC(=O)c1ccccc1N(C)C. The summed E-state index contributed by atoms with van der Waals surface area (Å²) in [7, 11) is 3.80. The van der Waals surface area contributed by atoms with Gasteiger partial charge in [0, 0.05) is 25.4 Å². The van der Waals surface area contributed by atoms with Crippen LogP contribution in [0.4, 0.5) is 5.69 Å². The van der Waals surface area contributed by atoms with E-state index in [2.05, 4.69) is 0 Å². The van der Waals surface area contributed by atoms with Crippen molar-refractivity contribution in [2.45, 2.75) is 40.5 Å². The molecule has 5 heteroatoms. The van der Waals surface area contributed by atoms with Gasteiger partial charge < -0.3 is 9.64 Å². The first-order valence-electron chi connectivity index (χ1n) is 9.10. The van der Waals surface area contributed by atoms with Crippen molar-refractivity contribution in [3.05, 3.63) is 29.8 Å². The molecule has 142 valence electrons. The van der Waals surface area contributed by atoms with E-state index in [0.717, 1.165) is 18.5 Å². The number of ketones is 2. The minimum Gasteiger partial charge on any atom is -0.462 e. The fourth-order valence-electron chi connectivity index (χ4n) is 4.04. The number of ether oxygens (including phenoxy) is 1. The van der Waals surface area contributed by atoms with Crippen molar-refractivity contribution >= 4 is 23.2 Å². The molecule has 5 nitrogen and oxygen atoms in total. The summed E-state index contributed by atoms with van der Waals surface area (Å²) in [5.41, 5.74) is 1.04. The molecule has 1 aromatic carbocycles. The molecule has 0 heterocycles. The lowest BCUT2D eigenvalue weighted by Gasteiger charge is -2.31. The summed E-state index contributed by atoms with van der Waals surface area (Å²) in [5, 5.41) is 0. The monoisotopic (exact) mass is 359 g/mol. The normalized spacial score (nSPS) is 25.5. The Morgan fingerprint density at radius 2 is 1.81 bits per heavy atom. The maximum absolute atomic E-state index is 11.6. The number of fused-ring (bicyclic) bond motifs is 2. The molecule has 2 aliphatic rings. The average Bonchev–Trinajstić information content (AvgIpc) is 2.90. The third kappa shape index (κ3) is 3.15. The van der Waals surface area contributed by atoms with E-state index in [-0.39, 0.29) is 34.3 Å². The van der Waals surface area contributed by atoms with E-state index in [0.29, 0.717) is 12.2 Å². The fraction of sp³-hybridized carbons (Fsp3) is 0.571. The molecule has 0 N–H and O–H groups in total. The van der Waals surface area contributed by atoms with E-state index in [1.807, 2.05) is 58.0 Å². The second-order valence-corrected chi connectivity index (χ2v) is 7.97. The van der Waals surface area contributed by atoms with Gasteiger partial charge in [-0.3, -0.25) is 9.59 Å². The summed E-state index contributed by atoms with van der Waals surface area (Å²) >= 11 is 0. The molecule has 2 unspecified atom stereocenters. The Labute approximate surface area is 155 Å². The van der Waals surface area contributed by atoms with Crippen molar-refractivity contribution in [1.82, 2.24) is 0 Å². The maximum atomic E-state index is 11.6. The minimum absolute atomic E-state index is 0.00926. The van der Waals surface area contributed by atoms with Crippen LogP contribution in [0.2, 0.25) is 0 Å². The zero-order valence-electron chi connectivity index (χ0n) is 16.6. The molecule has 3 rings (SSSR count). The highest BCUT2D eigenvalue weighted by Gasteiger charge is 2.66. The molecule has 0 saturated heterocycles. The highest BCUT2D eigenvalue weighted by atomic mass is 16.5. The number of hydrogen-bond acceptors (Lipinski definition) is 5. The summed E-state index contributed by atoms with van der Waals surface area (Å²) in [4.78, 5) is 36.4. The van der Waals surface area contributed by atoms with Crippen LogP contribution < -0.4 is 4.90 Å². The van der Waals surface area contributed by atoms with Crippen LogP contribution in [0.15, 0.2) is 24.3 Å². The van der Waals surface area contributed by atoms with Gasteiger partial charge in [-0.05, 0) is 37.3 Å². The van der Waals surface area contributed by atoms with Gasteiger partial charge in [0.2, 0.25) is 11.6 Å². The van der Waals surface area contributed by atoms with Crippen molar-refractivity contribution in [3.8, 4) is 0 Å². The third-order valence-corrected chi connectivity index (χ3v) is 6.15. The lowest BCUT2D eigenvalue weighted by Crippen LogP contribution is -2.33. The lowest BCUT2D eigenvalue weighted by atomic mass is 9.70. The Balaban J connectivity index is 0.000000189. The molecule has 0 spiro atoms. The number of carbonyl (C=O) groups is 3. The summed E-state index contributed by atoms with van der Waals surface area (Å²) in [5.74, 6) is -0.496. The first-order valence-corrected chi connectivity index (χ1v) is 9.10. The van der Waals surface area contributed by atoms with Crippen molar-refractivity contribution in [3.63, 3.8) is 0 Å². The van der Waals surface area contributed by atoms with E-state index in [1.54, 1.807) is 13.0 Å². The molecule has 2 bridgehead atoms. The zero-order chi connectivity index (χ0) is 19.7. The van der Waals surface area contributed by atoms with Gasteiger partial charge in [-0.1, -0.05) is 32.9 Å². The third-order valence-electron chi connectivity index (χ3n) is 6.15. The molecular weight excluding hydrogens is 330 g/mol. The Morgan fingerprint density at radius 1 is 1.19 bits per heavy atom. The summed E-state index contributed by atoms with van der Waals surface area (Å²) < 4.78 is 4.95. The number of anilines is 1. The van der Waals surface area contributed by atoms with Gasteiger partial charge in [0.15, 0.2) is 0 Å². The molecule has 0 aliphatic heterocycles. The van der Waals surface area contributed by atoms with Crippen LogP contribution in [0.1, 0.15) is 50.9 Å². The van der Waals surface area contributed by atoms with Gasteiger partial charge in [-0.2, -0.15) is 0 Å². The largest absolute Gasteiger partial charge is 0.462 e. The number of para-hydroxylation sites is 1. The number of nitrogens with zero attached hydrogens (tertiary/aromatic N) is 1. The maximum Gasteiger partial charge on any atom is 0.340 e. The van der Waals surface area contributed by atoms with Gasteiger partial charge in [0.1, 0.15) is 0 Å². The van der Waals surface area contributed by atoms with Crippen LogP contribution in [0, 0.1) is 16.7 Å². The van der Waals surface area contributed by atoms with E-state index in [4.69, 9.17) is 4.74 Å². The number of hydrogen-bond donors (Lipinski definition) is 0. The van der Waals surface area contributed by atoms with E-state index >= 15 is 0 Å². The topological polar surface area (TPSA) is 63.7 Å². The summed E-state index contributed by atoms with van der Waals surface area (Å²) in [6, 6.07) is 7.40. The quantitative estimate of drug-likeness (QED) is 0.610. The Kier molecular flexibility index (Phi) is 5.59. The van der Waals surface area contributed by atoms with E-state index in [9.17, 15) is 14.4 Å². The first-order chi connectivity index (χ1) is 12.1. The van der Waals surface area contributed by atoms with Gasteiger partial charge in [0.05, 0.1) is 17.9 Å². The smallest absolute Gasteiger partial charge is 0.340 e. The Hall–Kier alpha value is -2.17. The van der Waals surface area contributed by atoms with Gasteiger partial charge >= 0.3 is 5.97 Å². The van der Waals surface area contributed by atoms with Crippen molar-refractivity contribution < 1.29 is 19.1 Å². The predicted molar refractivity (Wildman–Crippen MR) is 101 cm³/mol. The molecular formula is C21H29NO4. The number of rotatable bonds is 3. The molecule has 2 atom stereocenters. The number of carbonyl (C=O) groups excluding carboxylic acids is 3. The van der Waals surface area contributed by atoms with Crippen LogP contribution in [0.5, 0.6) is 0 Å². The van der Waals surface area contributed by atoms with Crippen LogP contribution in [-0.4, -0.2) is 38.2 Å². The standard InChI is InChI=1S/C11H15NO2.C10H14O2/c1-4-14-11(13)9-7-5-6-8-10(9)12(2)3;1-9(2)6-4-5-10(9,3)8(12)7(6)11/h5-8H,4H2,1-3H3;6H,4-5H2,1-3H3. The van der Waals surface area contributed by atoms with Crippen LogP contribution in [-0.2, 0) is 14.3 Å². The molecule has 2 saturated carbocycles. The van der Waals surface area contributed by atoms with Crippen molar-refractivity contribution in [2.24, 2.45) is 16.7 Å². The molecule has 26 heavy (non-hydrogen) atoms. The molecule has 0 aromatic heterocycles. The average molecular weight is 359 g/mol. The molecule has 1 aromatic rings. The van der Waals surface area contributed by atoms with Gasteiger partial charge in [-0.15, -0.1) is 0 Å². The number of esters is 1. The summed E-state index contributed by atoms with van der Waals surface area (Å²) in [6.45, 7) is 8.25. The first kappa shape index (κ1) is 20.1. The second-order valence-electron chi connectivity index (χ2n) is 7.97. The van der Waals surface area contributed by atoms with E-state index in [1.165, 1.54) is 0 Å². The highest BCUT2D eigenvalue weighted by molar-refractivity contribution is 6.43. The highest BCUT2D eigenvalue weighted by Crippen LogP contribution is 2.61. The number of Topliss-reactive ketones (excluding diaryl/α,β-unsaturated/α-hetero) is 2. The van der Waals surface area contributed by atoms with Crippen LogP contribution in [0.3, 0.4) is 0 Å². The van der Waals surface area contributed by atoms with E-state index < -0.39 is 0 Å². The Morgan fingerprint density at radius 3 is 2.23 bits per heavy atom. The Bertz CT molecular complexity index is 722. The molecule has 2 aliphatic carbocycles. The second kappa shape index (κ2) is 7.22. The van der Waals surface area contributed by atoms with Crippen molar-refractivity contribution in [1.29, 1.82) is 0 Å². The lowest BCUT2D eigenvalue weighted by molar-refractivity contribution is -0.141. The minimum atomic E-state index is -0.352. The fourth-order valence-corrected chi connectivity index (χ4v) is 4.04. The predicted octanol–water partition coefficient (Wildman–Crippen LogP) is 3.51. The van der Waals surface area contributed by atoms with Crippen LogP contribution in [0.25, 0.3) is 0 Å². The van der Waals surface area contributed by atoms with Crippen molar-refractivity contribution in [2.75, 3.05) is 25.6 Å². The number of benzene rings is 1. The van der Waals surface area contributed by atoms with Gasteiger partial charge in [0.25, 0.3) is 0 Å². The molecule has 0 amide bonds. The molecule has 2 fully saturated rings. The van der Waals surface area contributed by atoms with Gasteiger partial charge in [-0.25, -0.2) is 4.79 Å². The zero-order valence-corrected chi connectivity index (χ0v) is 16.6. The molecule has 0 radical (unpaired) electrons.